The fourth-order valence-corrected chi connectivity index (χ4v) is 1.50. The van der Waals surface area contributed by atoms with Gasteiger partial charge in [-0.25, -0.2) is 14.4 Å². The lowest BCUT2D eigenvalue weighted by molar-refractivity contribution is -0.137. The first-order chi connectivity index (χ1) is 8.91. The number of alkyl halides is 3. The molecule has 0 radical (unpaired) electrons. The summed E-state index contributed by atoms with van der Waals surface area (Å²) in [4.78, 5) is 7.53. The molecule has 3 nitrogen and oxygen atoms in total. The fourth-order valence-electron chi connectivity index (χ4n) is 1.50. The normalized spacial score (nSPS) is 11.4. The second-order valence-corrected chi connectivity index (χ2v) is 3.64. The number of rotatable bonds is 2. The van der Waals surface area contributed by atoms with E-state index in [-0.39, 0.29) is 17.1 Å². The summed E-state index contributed by atoms with van der Waals surface area (Å²) in [6, 6.07) is 3.60. The van der Waals surface area contributed by atoms with Crippen LogP contribution in [0.15, 0.2) is 30.6 Å². The number of hydrogen-bond acceptors (Lipinski definition) is 3. The van der Waals surface area contributed by atoms with Crippen LogP contribution in [0.4, 0.5) is 17.6 Å². The lowest BCUT2D eigenvalue weighted by atomic mass is 10.1. The van der Waals surface area contributed by atoms with Crippen molar-refractivity contribution in [1.82, 2.24) is 9.97 Å². The van der Waals surface area contributed by atoms with Crippen molar-refractivity contribution in [2.45, 2.75) is 6.18 Å². The molecule has 0 amide bonds. The summed E-state index contributed by atoms with van der Waals surface area (Å²) in [5.41, 5.74) is -0.943. The predicted molar refractivity (Wildman–Crippen MR) is 59.0 cm³/mol. The summed E-state index contributed by atoms with van der Waals surface area (Å²) in [6.45, 7) is 0. The van der Waals surface area contributed by atoms with Gasteiger partial charge in [0.2, 0.25) is 5.88 Å². The average molecular weight is 272 g/mol. The zero-order valence-electron chi connectivity index (χ0n) is 9.70. The Morgan fingerprint density at radius 1 is 1.11 bits per heavy atom. The van der Waals surface area contributed by atoms with Crippen molar-refractivity contribution in [3.8, 4) is 17.1 Å². The van der Waals surface area contributed by atoms with Crippen molar-refractivity contribution < 1.29 is 22.3 Å². The molecule has 2 rings (SSSR count). The molecule has 19 heavy (non-hydrogen) atoms. The molecule has 2 aromatic rings. The first kappa shape index (κ1) is 13.3. The Morgan fingerprint density at radius 2 is 1.84 bits per heavy atom. The highest BCUT2D eigenvalue weighted by atomic mass is 19.4. The van der Waals surface area contributed by atoms with Crippen LogP contribution >= 0.6 is 0 Å². The van der Waals surface area contributed by atoms with E-state index >= 15 is 0 Å². The third-order valence-corrected chi connectivity index (χ3v) is 2.42. The molecule has 0 aliphatic rings. The summed E-state index contributed by atoms with van der Waals surface area (Å²) in [7, 11) is 1.37. The van der Waals surface area contributed by atoms with Gasteiger partial charge in [-0.1, -0.05) is 0 Å². The lowest BCUT2D eigenvalue weighted by Gasteiger charge is -2.09. The summed E-state index contributed by atoms with van der Waals surface area (Å²) >= 11 is 0. The zero-order valence-corrected chi connectivity index (χ0v) is 9.70. The fraction of sp³-hybridized carbons (Fsp3) is 0.167. The summed E-state index contributed by atoms with van der Waals surface area (Å²) < 4.78 is 55.8. The van der Waals surface area contributed by atoms with Gasteiger partial charge in [-0.05, 0) is 18.2 Å². The second kappa shape index (κ2) is 4.83. The van der Waals surface area contributed by atoms with Gasteiger partial charge in [0, 0.05) is 11.6 Å². The number of methoxy groups -OCH3 is 1. The van der Waals surface area contributed by atoms with Crippen molar-refractivity contribution in [2.24, 2.45) is 0 Å². The Kier molecular flexibility index (Phi) is 3.37. The number of benzene rings is 1. The van der Waals surface area contributed by atoms with Gasteiger partial charge < -0.3 is 4.74 Å². The maximum Gasteiger partial charge on any atom is 0.416 e. The van der Waals surface area contributed by atoms with E-state index in [0.29, 0.717) is 6.07 Å². The van der Waals surface area contributed by atoms with Gasteiger partial charge in [0.25, 0.3) is 0 Å². The van der Waals surface area contributed by atoms with Crippen LogP contribution in [0.3, 0.4) is 0 Å². The second-order valence-electron chi connectivity index (χ2n) is 3.64. The molecule has 0 aliphatic heterocycles. The largest absolute Gasteiger partial charge is 0.481 e. The number of halogens is 4. The molecular weight excluding hydrogens is 264 g/mol. The van der Waals surface area contributed by atoms with Crippen molar-refractivity contribution >= 4 is 0 Å². The molecule has 1 heterocycles. The average Bonchev–Trinajstić information content (AvgIpc) is 2.37. The smallest absolute Gasteiger partial charge is 0.416 e. The summed E-state index contributed by atoms with van der Waals surface area (Å²) in [5.74, 6) is -0.806. The minimum absolute atomic E-state index is 0.0475. The van der Waals surface area contributed by atoms with Crippen molar-refractivity contribution in [2.75, 3.05) is 7.11 Å². The van der Waals surface area contributed by atoms with E-state index in [1.54, 1.807) is 0 Å². The number of aromatic nitrogens is 2. The van der Waals surface area contributed by atoms with Crippen LogP contribution in [0, 0.1) is 5.82 Å². The Hall–Kier alpha value is -2.18. The first-order valence-electron chi connectivity index (χ1n) is 5.15. The van der Waals surface area contributed by atoms with E-state index in [4.69, 9.17) is 4.74 Å². The highest BCUT2D eigenvalue weighted by molar-refractivity contribution is 5.61. The van der Waals surface area contributed by atoms with E-state index in [1.807, 2.05) is 0 Å². The van der Waals surface area contributed by atoms with E-state index in [9.17, 15) is 17.6 Å². The minimum atomic E-state index is -4.58. The van der Waals surface area contributed by atoms with Gasteiger partial charge in [0.05, 0.1) is 18.4 Å². The minimum Gasteiger partial charge on any atom is -0.481 e. The molecule has 100 valence electrons. The summed E-state index contributed by atoms with van der Waals surface area (Å²) in [5, 5.41) is 0. The molecule has 0 unspecified atom stereocenters. The van der Waals surface area contributed by atoms with Crippen molar-refractivity contribution in [3.63, 3.8) is 0 Å². The number of hydrogen-bond donors (Lipinski definition) is 0. The molecule has 0 saturated carbocycles. The van der Waals surface area contributed by atoms with Crippen LogP contribution in [0.1, 0.15) is 5.56 Å². The quantitative estimate of drug-likeness (QED) is 0.787. The van der Waals surface area contributed by atoms with Gasteiger partial charge in [-0.15, -0.1) is 0 Å². The van der Waals surface area contributed by atoms with E-state index in [0.717, 1.165) is 18.5 Å². The lowest BCUT2D eigenvalue weighted by Crippen LogP contribution is -2.05. The molecule has 0 atom stereocenters. The molecule has 0 bridgehead atoms. The SMILES string of the molecule is COc1cc(-c2ccc(C(F)(F)F)cc2F)ncn1. The Morgan fingerprint density at radius 3 is 2.42 bits per heavy atom. The highest BCUT2D eigenvalue weighted by Crippen LogP contribution is 2.32. The van der Waals surface area contributed by atoms with E-state index in [1.165, 1.54) is 13.2 Å². The summed E-state index contributed by atoms with van der Waals surface area (Å²) in [6.07, 6.45) is -3.44. The Balaban J connectivity index is 2.46. The molecule has 0 spiro atoms. The molecule has 7 heteroatoms. The molecule has 1 aromatic heterocycles. The number of ether oxygens (including phenoxy) is 1. The predicted octanol–water partition coefficient (Wildman–Crippen LogP) is 3.31. The van der Waals surface area contributed by atoms with Crippen LogP contribution in [-0.2, 0) is 6.18 Å². The molecule has 0 fully saturated rings. The van der Waals surface area contributed by atoms with E-state index < -0.39 is 17.6 Å². The third-order valence-electron chi connectivity index (χ3n) is 2.42. The Bertz CT molecular complexity index is 599. The third kappa shape index (κ3) is 2.81. The van der Waals surface area contributed by atoms with Gasteiger partial charge in [-0.3, -0.25) is 0 Å². The van der Waals surface area contributed by atoms with Gasteiger partial charge in [0.15, 0.2) is 0 Å². The molecule has 1 aromatic carbocycles. The van der Waals surface area contributed by atoms with Gasteiger partial charge >= 0.3 is 6.18 Å². The van der Waals surface area contributed by atoms with E-state index in [2.05, 4.69) is 9.97 Å². The standard InChI is InChI=1S/C12H8F4N2O/c1-19-11-5-10(17-6-18-11)8-3-2-7(4-9(8)13)12(14,15)16/h2-6H,1H3. The Labute approximate surface area is 105 Å². The molecule has 0 N–H and O–H groups in total. The van der Waals surface area contributed by atoms with Gasteiger partial charge in [-0.2, -0.15) is 13.2 Å². The van der Waals surface area contributed by atoms with Crippen LogP contribution < -0.4 is 4.74 Å². The van der Waals surface area contributed by atoms with Crippen molar-refractivity contribution in [3.05, 3.63) is 42.0 Å². The zero-order chi connectivity index (χ0) is 14.0. The van der Waals surface area contributed by atoms with Crippen molar-refractivity contribution in [1.29, 1.82) is 0 Å². The van der Waals surface area contributed by atoms with Gasteiger partial charge in [0.1, 0.15) is 12.1 Å². The van der Waals surface area contributed by atoms with Crippen LogP contribution in [0.5, 0.6) is 5.88 Å². The molecule has 0 aliphatic carbocycles. The van der Waals surface area contributed by atoms with Crippen LogP contribution in [0.2, 0.25) is 0 Å². The monoisotopic (exact) mass is 272 g/mol. The number of nitrogens with zero attached hydrogens (tertiary/aromatic N) is 2. The van der Waals surface area contributed by atoms with Crippen LogP contribution in [0.25, 0.3) is 11.3 Å². The first-order valence-corrected chi connectivity index (χ1v) is 5.15. The van der Waals surface area contributed by atoms with Crippen LogP contribution in [-0.4, -0.2) is 17.1 Å². The maximum atomic E-state index is 13.7. The molecule has 0 saturated heterocycles. The topological polar surface area (TPSA) is 35.0 Å². The maximum absolute atomic E-state index is 13.7. The molecular formula is C12H8F4N2O. The highest BCUT2D eigenvalue weighted by Gasteiger charge is 2.31.